The predicted molar refractivity (Wildman–Crippen MR) is 104 cm³/mol. The van der Waals surface area contributed by atoms with Crippen LogP contribution in [0.2, 0.25) is 0 Å². The molecule has 142 valence electrons. The van der Waals surface area contributed by atoms with Crippen molar-refractivity contribution >= 4 is 5.96 Å². The first-order chi connectivity index (χ1) is 13.2. The van der Waals surface area contributed by atoms with Crippen molar-refractivity contribution in [2.75, 3.05) is 33.5 Å². The van der Waals surface area contributed by atoms with Crippen LogP contribution in [0.1, 0.15) is 22.8 Å². The Hall–Kier alpha value is -2.73. The lowest BCUT2D eigenvalue weighted by atomic mass is 10.0. The molecule has 2 aliphatic rings. The fraction of sp³-hybridized carbons (Fsp3) is 0.381. The Bertz CT molecular complexity index is 837. The first-order valence-corrected chi connectivity index (χ1v) is 9.26. The Morgan fingerprint density at radius 1 is 1.19 bits per heavy atom. The number of fused-ring (bicyclic) bond motifs is 1. The van der Waals surface area contributed by atoms with Gasteiger partial charge in [-0.3, -0.25) is 4.99 Å². The van der Waals surface area contributed by atoms with Gasteiger partial charge in [-0.15, -0.1) is 0 Å². The predicted octanol–water partition coefficient (Wildman–Crippen LogP) is 2.87. The van der Waals surface area contributed by atoms with E-state index in [0.29, 0.717) is 19.9 Å². The summed E-state index contributed by atoms with van der Waals surface area (Å²) >= 11 is 0. The molecule has 6 heteroatoms. The molecule has 0 amide bonds. The number of nitrogens with zero attached hydrogens (tertiary/aromatic N) is 2. The summed E-state index contributed by atoms with van der Waals surface area (Å²) in [6.07, 6.45) is 0.0593. The average molecular weight is 367 g/mol. The van der Waals surface area contributed by atoms with Gasteiger partial charge in [0.05, 0.1) is 13.2 Å². The van der Waals surface area contributed by atoms with Gasteiger partial charge in [0.2, 0.25) is 6.79 Å². The van der Waals surface area contributed by atoms with Gasteiger partial charge in [-0.1, -0.05) is 30.3 Å². The first kappa shape index (κ1) is 17.7. The highest BCUT2D eigenvalue weighted by molar-refractivity contribution is 5.80. The number of morpholine rings is 1. The van der Waals surface area contributed by atoms with Crippen molar-refractivity contribution in [1.82, 2.24) is 10.2 Å². The summed E-state index contributed by atoms with van der Waals surface area (Å²) < 4.78 is 16.9. The molecule has 0 aliphatic carbocycles. The van der Waals surface area contributed by atoms with Crippen LogP contribution in [0.3, 0.4) is 0 Å². The van der Waals surface area contributed by atoms with Crippen molar-refractivity contribution in [2.45, 2.75) is 19.6 Å². The quantitative estimate of drug-likeness (QED) is 0.668. The van der Waals surface area contributed by atoms with Crippen molar-refractivity contribution in [3.8, 4) is 11.5 Å². The van der Waals surface area contributed by atoms with E-state index >= 15 is 0 Å². The van der Waals surface area contributed by atoms with E-state index in [9.17, 15) is 0 Å². The van der Waals surface area contributed by atoms with Crippen LogP contribution in [-0.2, 0) is 11.3 Å². The molecule has 27 heavy (non-hydrogen) atoms. The van der Waals surface area contributed by atoms with E-state index in [-0.39, 0.29) is 6.10 Å². The van der Waals surface area contributed by atoms with E-state index in [0.717, 1.165) is 36.1 Å². The lowest BCUT2D eigenvalue weighted by Crippen LogP contribution is -2.48. The van der Waals surface area contributed by atoms with Crippen LogP contribution in [0.25, 0.3) is 0 Å². The number of nitrogens with one attached hydrogen (secondary N) is 1. The number of ether oxygens (including phenoxy) is 3. The maximum Gasteiger partial charge on any atom is 0.231 e. The summed E-state index contributed by atoms with van der Waals surface area (Å²) in [7, 11) is 1.82. The third-order valence-corrected chi connectivity index (χ3v) is 5.00. The number of guanidine groups is 1. The molecule has 1 saturated heterocycles. The molecular weight excluding hydrogens is 342 g/mol. The maximum absolute atomic E-state index is 6.03. The standard InChI is InChI=1S/C21H25N3O3/c1-15-5-3-4-6-17(15)20-13-24(9-10-25-20)21(22-2)23-12-16-7-8-18-19(11-16)27-14-26-18/h3-8,11,20H,9-10,12-14H2,1-2H3,(H,22,23). The number of rotatable bonds is 3. The minimum absolute atomic E-state index is 0.0593. The van der Waals surface area contributed by atoms with E-state index < -0.39 is 0 Å². The normalized spacial score (nSPS) is 19.3. The Morgan fingerprint density at radius 2 is 2.04 bits per heavy atom. The van der Waals surface area contributed by atoms with Crippen molar-refractivity contribution in [3.63, 3.8) is 0 Å². The molecule has 0 spiro atoms. The first-order valence-electron chi connectivity index (χ1n) is 9.26. The van der Waals surface area contributed by atoms with Gasteiger partial charge in [-0.05, 0) is 35.7 Å². The molecule has 2 aromatic rings. The van der Waals surface area contributed by atoms with Gasteiger partial charge >= 0.3 is 0 Å². The summed E-state index contributed by atoms with van der Waals surface area (Å²) in [6, 6.07) is 14.4. The van der Waals surface area contributed by atoms with Gasteiger partial charge in [-0.2, -0.15) is 0 Å². The Kier molecular flexibility index (Phi) is 5.16. The van der Waals surface area contributed by atoms with Gasteiger partial charge < -0.3 is 24.4 Å². The Labute approximate surface area is 159 Å². The molecule has 1 atom stereocenters. The summed E-state index contributed by atoms with van der Waals surface area (Å²) in [5.41, 5.74) is 3.63. The van der Waals surface area contributed by atoms with Crippen molar-refractivity contribution in [1.29, 1.82) is 0 Å². The minimum Gasteiger partial charge on any atom is -0.454 e. The molecular formula is C21H25N3O3. The fourth-order valence-corrected chi connectivity index (χ4v) is 3.54. The molecule has 2 heterocycles. The van der Waals surface area contributed by atoms with Crippen LogP contribution >= 0.6 is 0 Å². The molecule has 1 N–H and O–H groups in total. The smallest absolute Gasteiger partial charge is 0.231 e. The monoisotopic (exact) mass is 367 g/mol. The van der Waals surface area contributed by atoms with Crippen LogP contribution < -0.4 is 14.8 Å². The molecule has 0 saturated carbocycles. The largest absolute Gasteiger partial charge is 0.454 e. The summed E-state index contributed by atoms with van der Waals surface area (Å²) in [6.45, 7) is 5.39. The highest BCUT2D eigenvalue weighted by atomic mass is 16.7. The van der Waals surface area contributed by atoms with Crippen LogP contribution in [0.15, 0.2) is 47.5 Å². The summed E-state index contributed by atoms with van der Waals surface area (Å²) in [4.78, 5) is 6.73. The molecule has 2 aliphatic heterocycles. The topological polar surface area (TPSA) is 55.3 Å². The van der Waals surface area contributed by atoms with Crippen molar-refractivity contribution in [3.05, 3.63) is 59.2 Å². The summed E-state index contributed by atoms with van der Waals surface area (Å²) in [5.74, 6) is 2.49. The van der Waals surface area contributed by atoms with Crippen molar-refractivity contribution < 1.29 is 14.2 Å². The Morgan fingerprint density at radius 3 is 2.89 bits per heavy atom. The molecule has 6 nitrogen and oxygen atoms in total. The number of benzene rings is 2. The van der Waals surface area contributed by atoms with Crippen molar-refractivity contribution in [2.24, 2.45) is 4.99 Å². The van der Waals surface area contributed by atoms with Crippen LogP contribution in [-0.4, -0.2) is 44.4 Å². The van der Waals surface area contributed by atoms with Gasteiger partial charge in [-0.25, -0.2) is 0 Å². The number of aliphatic imine (C=N–C) groups is 1. The lowest BCUT2D eigenvalue weighted by molar-refractivity contribution is -0.00833. The molecule has 1 unspecified atom stereocenters. The second kappa shape index (κ2) is 7.88. The number of hydrogen-bond acceptors (Lipinski definition) is 4. The highest BCUT2D eigenvalue weighted by Gasteiger charge is 2.25. The zero-order valence-electron chi connectivity index (χ0n) is 15.8. The van der Waals surface area contributed by atoms with E-state index in [1.807, 2.05) is 25.2 Å². The molecule has 4 rings (SSSR count). The molecule has 1 fully saturated rings. The van der Waals surface area contributed by atoms with Crippen LogP contribution in [0.4, 0.5) is 0 Å². The van der Waals surface area contributed by atoms with E-state index in [4.69, 9.17) is 14.2 Å². The molecule has 2 aromatic carbocycles. The molecule has 0 bridgehead atoms. The van der Waals surface area contributed by atoms with Gasteiger partial charge in [0, 0.05) is 20.1 Å². The van der Waals surface area contributed by atoms with E-state index in [2.05, 4.69) is 46.4 Å². The second-order valence-corrected chi connectivity index (χ2v) is 6.75. The SMILES string of the molecule is CN=C(NCc1ccc2c(c1)OCO2)N1CCOC(c2ccccc2C)C1. The number of aryl methyl sites for hydroxylation is 1. The zero-order chi connectivity index (χ0) is 18.6. The fourth-order valence-electron chi connectivity index (χ4n) is 3.54. The van der Waals surface area contributed by atoms with Crippen LogP contribution in [0.5, 0.6) is 11.5 Å². The average Bonchev–Trinajstić information content (AvgIpc) is 3.17. The van der Waals surface area contributed by atoms with Gasteiger partial charge in [0.15, 0.2) is 17.5 Å². The van der Waals surface area contributed by atoms with Gasteiger partial charge in [0.1, 0.15) is 6.10 Å². The van der Waals surface area contributed by atoms with E-state index in [1.165, 1.54) is 11.1 Å². The minimum atomic E-state index is 0.0593. The maximum atomic E-state index is 6.03. The lowest BCUT2D eigenvalue weighted by Gasteiger charge is -2.35. The molecule has 0 aromatic heterocycles. The second-order valence-electron chi connectivity index (χ2n) is 6.75. The third kappa shape index (κ3) is 3.85. The third-order valence-electron chi connectivity index (χ3n) is 5.00. The Balaban J connectivity index is 1.41. The van der Waals surface area contributed by atoms with Crippen LogP contribution in [0, 0.1) is 6.92 Å². The van der Waals surface area contributed by atoms with Gasteiger partial charge in [0.25, 0.3) is 0 Å². The zero-order valence-corrected chi connectivity index (χ0v) is 15.8. The van der Waals surface area contributed by atoms with E-state index in [1.54, 1.807) is 0 Å². The molecule has 0 radical (unpaired) electrons. The number of hydrogen-bond donors (Lipinski definition) is 1. The summed E-state index contributed by atoms with van der Waals surface area (Å²) in [5, 5.41) is 3.46. The highest BCUT2D eigenvalue weighted by Crippen LogP contribution is 2.32.